The van der Waals surface area contributed by atoms with Crippen LogP contribution in [0, 0.1) is 0 Å². The van der Waals surface area contributed by atoms with Gasteiger partial charge in [0.15, 0.2) is 0 Å². The van der Waals surface area contributed by atoms with E-state index in [1.807, 2.05) is 0 Å². The van der Waals surface area contributed by atoms with E-state index in [2.05, 4.69) is 0 Å². The Morgan fingerprint density at radius 1 is 1.25 bits per heavy atom. The number of rotatable bonds is 0. The largest absolute Gasteiger partial charge is 1.00 e. The first-order chi connectivity index (χ1) is 0. The van der Waals surface area contributed by atoms with Crippen LogP contribution in [0.25, 0.3) is 0 Å². The van der Waals surface area contributed by atoms with Crippen LogP contribution in [-0.4, -0.2) is 0 Å². The maximum absolute atomic E-state index is 0. The summed E-state index contributed by atoms with van der Waals surface area (Å²) in [7, 11) is 0. The molecule has 1 radical (unpaired) electrons. The van der Waals surface area contributed by atoms with Crippen molar-refractivity contribution in [2.75, 3.05) is 0 Å². The molecular weight excluding hydrogens is 197 g/mol. The molecule has 4 heteroatoms. The fraction of sp³-hybridized carbons (Fsp3) is 0. The summed E-state index contributed by atoms with van der Waals surface area (Å²) in [5.74, 6) is 0. The molecule has 0 aromatic carbocycles. The van der Waals surface area contributed by atoms with Crippen molar-refractivity contribution >= 4 is 0 Å². The summed E-state index contributed by atoms with van der Waals surface area (Å²) in [5, 5.41) is 0. The topological polar surface area (TPSA) is 0 Å². The van der Waals surface area contributed by atoms with Gasteiger partial charge in [0.25, 0.3) is 0 Å². The van der Waals surface area contributed by atoms with Gasteiger partial charge in [-0.05, 0) is 0 Å². The fourth-order valence-electron chi connectivity index (χ4n) is 0. The Labute approximate surface area is 80.8 Å². The van der Waals surface area contributed by atoms with Gasteiger partial charge in [-0.15, -0.1) is 0 Å². The van der Waals surface area contributed by atoms with Crippen LogP contribution in [0.5, 0.6) is 0 Å². The first kappa shape index (κ1) is 31.1. The van der Waals surface area contributed by atoms with Crippen molar-refractivity contribution in [2.45, 2.75) is 0 Å². The van der Waals surface area contributed by atoms with E-state index in [4.69, 9.17) is 0 Å². The Hall–Kier alpha value is 2.55. The third-order valence-electron chi connectivity index (χ3n) is 0. The second-order valence-electron chi connectivity index (χ2n) is 0. The van der Waals surface area contributed by atoms with E-state index < -0.39 is 0 Å². The molecule has 4 heavy (non-hydrogen) atoms. The van der Waals surface area contributed by atoms with Crippen molar-refractivity contribution in [3.8, 4) is 0 Å². The Kier molecular flexibility index (Phi) is 137. The van der Waals surface area contributed by atoms with Gasteiger partial charge in [-0.2, -0.15) is 0 Å². The maximum Gasteiger partial charge on any atom is 1.00 e. The molecule has 0 aliphatic heterocycles. The van der Waals surface area contributed by atoms with Crippen LogP contribution in [0.2, 0.25) is 0 Å². The zero-order valence-corrected chi connectivity index (χ0v) is 7.23. The second kappa shape index (κ2) is 17.7. The summed E-state index contributed by atoms with van der Waals surface area (Å²) < 4.78 is 0. The first-order valence-corrected chi connectivity index (χ1v) is 0. The first-order valence-electron chi connectivity index (χ1n) is 0. The molecular formula is HCrCuNaNi. The molecule has 0 aliphatic rings. The third-order valence-corrected chi connectivity index (χ3v) is 0. The number of hydrogen-bond acceptors (Lipinski definition) is 0. The minimum atomic E-state index is 0. The molecule has 0 bridgehead atoms. The quantitative estimate of drug-likeness (QED) is 0.367. The molecule has 0 rings (SSSR count). The van der Waals surface area contributed by atoms with E-state index in [-0.39, 0.29) is 81.9 Å². The van der Waals surface area contributed by atoms with E-state index in [0.717, 1.165) is 0 Å². The molecule has 0 nitrogen and oxygen atoms in total. The van der Waals surface area contributed by atoms with Gasteiger partial charge in [0.05, 0.1) is 0 Å². The minimum absolute atomic E-state index is 0. The Morgan fingerprint density at radius 2 is 1.25 bits per heavy atom. The normalized spacial score (nSPS) is 0. The molecule has 0 aliphatic carbocycles. The van der Waals surface area contributed by atoms with Crippen LogP contribution in [0.1, 0.15) is 1.43 Å². The van der Waals surface area contributed by atoms with Crippen LogP contribution in [0.15, 0.2) is 0 Å². The van der Waals surface area contributed by atoms with Gasteiger partial charge in [0.1, 0.15) is 0 Å². The summed E-state index contributed by atoms with van der Waals surface area (Å²) in [6.07, 6.45) is 0. The van der Waals surface area contributed by atoms with Gasteiger partial charge in [0.2, 0.25) is 0 Å². The molecule has 0 saturated carbocycles. The summed E-state index contributed by atoms with van der Waals surface area (Å²) >= 11 is 0. The molecule has 0 saturated heterocycles. The number of hydrogen-bond donors (Lipinski definition) is 0. The molecule has 0 heterocycles. The summed E-state index contributed by atoms with van der Waals surface area (Å²) in [6.45, 7) is 0. The van der Waals surface area contributed by atoms with E-state index in [1.54, 1.807) is 0 Å². The van der Waals surface area contributed by atoms with Crippen LogP contribution in [0.4, 0.5) is 0 Å². The molecule has 0 amide bonds. The Morgan fingerprint density at radius 3 is 1.25 bits per heavy atom. The predicted octanol–water partition coefficient (Wildman–Crippen LogP) is -2.89. The maximum atomic E-state index is 0. The average Bonchev–Trinajstić information content (AvgIpc) is 0. The monoisotopic (exact) mass is 197 g/mol. The molecule has 0 fully saturated rings. The van der Waals surface area contributed by atoms with E-state index in [1.165, 1.54) is 0 Å². The van der Waals surface area contributed by atoms with Crippen molar-refractivity contribution in [1.29, 1.82) is 0 Å². The second-order valence-corrected chi connectivity index (χ2v) is 0. The smallest absolute Gasteiger partial charge is 1.00 e. The van der Waals surface area contributed by atoms with Gasteiger partial charge in [-0.3, -0.25) is 0 Å². The Balaban J connectivity index is 0. The van der Waals surface area contributed by atoms with Gasteiger partial charge in [-0.1, -0.05) is 0 Å². The van der Waals surface area contributed by atoms with E-state index >= 15 is 0 Å². The van der Waals surface area contributed by atoms with Gasteiger partial charge >= 0.3 is 29.6 Å². The van der Waals surface area contributed by atoms with Gasteiger partial charge < -0.3 is 1.43 Å². The van der Waals surface area contributed by atoms with E-state index in [0.29, 0.717) is 0 Å². The zero-order valence-electron chi connectivity index (χ0n) is 3.03. The zero-order chi connectivity index (χ0) is 0. The third kappa shape index (κ3) is 8.82. The minimum Gasteiger partial charge on any atom is -1.00 e. The molecule has 0 aromatic heterocycles. The SMILES string of the molecule is [Cr].[Cu].[H-].[Na+].[Ni]. The van der Waals surface area contributed by atoms with Crippen molar-refractivity contribution in [1.82, 2.24) is 0 Å². The van der Waals surface area contributed by atoms with Crippen LogP contribution < -0.4 is 29.6 Å². The van der Waals surface area contributed by atoms with Crippen molar-refractivity contribution in [3.05, 3.63) is 0 Å². The van der Waals surface area contributed by atoms with Crippen molar-refractivity contribution in [3.63, 3.8) is 0 Å². The van der Waals surface area contributed by atoms with Crippen LogP contribution >= 0.6 is 0 Å². The van der Waals surface area contributed by atoms with Gasteiger partial charge in [0, 0.05) is 50.9 Å². The van der Waals surface area contributed by atoms with Crippen molar-refractivity contribution in [2.24, 2.45) is 0 Å². The summed E-state index contributed by atoms with van der Waals surface area (Å²) in [4.78, 5) is 0. The Bertz CT molecular complexity index is 11.6. The molecule has 0 N–H and O–H groups in total. The van der Waals surface area contributed by atoms with Crippen LogP contribution in [0.3, 0.4) is 0 Å². The molecule has 0 spiro atoms. The van der Waals surface area contributed by atoms with Crippen molar-refractivity contribution < 1.29 is 81.9 Å². The summed E-state index contributed by atoms with van der Waals surface area (Å²) in [5.41, 5.74) is 0. The van der Waals surface area contributed by atoms with Gasteiger partial charge in [-0.25, -0.2) is 0 Å². The summed E-state index contributed by atoms with van der Waals surface area (Å²) in [6, 6.07) is 0. The van der Waals surface area contributed by atoms with E-state index in [9.17, 15) is 0 Å². The molecule has 0 unspecified atom stereocenters. The fourth-order valence-corrected chi connectivity index (χ4v) is 0. The average molecular weight is 198 g/mol. The standard InChI is InChI=1S/Cr.Cu.Na.Ni.H/q;;+1;;-1. The molecule has 0 atom stereocenters. The molecule has 0 aromatic rings. The van der Waals surface area contributed by atoms with Crippen LogP contribution in [-0.2, 0) is 50.9 Å². The predicted molar refractivity (Wildman–Crippen MR) is 1.11 cm³/mol. The molecule has 29 valence electrons.